The highest BCUT2D eigenvalue weighted by atomic mass is 16.2. The van der Waals surface area contributed by atoms with E-state index in [1.807, 2.05) is 55.5 Å². The van der Waals surface area contributed by atoms with E-state index in [-0.39, 0.29) is 12.1 Å². The first-order chi connectivity index (χ1) is 9.66. The summed E-state index contributed by atoms with van der Waals surface area (Å²) in [7, 11) is 0. The zero-order valence-electron chi connectivity index (χ0n) is 11.9. The van der Waals surface area contributed by atoms with Gasteiger partial charge >= 0.3 is 6.03 Å². The molecule has 2 aromatic carbocycles. The van der Waals surface area contributed by atoms with Crippen molar-refractivity contribution in [3.05, 3.63) is 71.3 Å². The number of aryl methyl sites for hydroxylation is 1. The van der Waals surface area contributed by atoms with E-state index in [0.29, 0.717) is 6.54 Å². The third kappa shape index (κ3) is 3.85. The fourth-order valence-corrected chi connectivity index (χ4v) is 2.18. The molecule has 2 N–H and O–H groups in total. The van der Waals surface area contributed by atoms with Crippen LogP contribution in [0.2, 0.25) is 0 Å². The van der Waals surface area contributed by atoms with Gasteiger partial charge in [-0.15, -0.1) is 0 Å². The van der Waals surface area contributed by atoms with E-state index in [2.05, 4.69) is 23.6 Å². The molecule has 0 aliphatic carbocycles. The van der Waals surface area contributed by atoms with Crippen molar-refractivity contribution in [3.63, 3.8) is 0 Å². The summed E-state index contributed by atoms with van der Waals surface area (Å²) in [5.74, 6) is 0. The lowest BCUT2D eigenvalue weighted by Gasteiger charge is -2.17. The lowest BCUT2D eigenvalue weighted by Crippen LogP contribution is -2.36. The third-order valence-electron chi connectivity index (χ3n) is 3.30. The van der Waals surface area contributed by atoms with Gasteiger partial charge in [-0.3, -0.25) is 0 Å². The van der Waals surface area contributed by atoms with Crippen LogP contribution in [0.4, 0.5) is 4.79 Å². The molecule has 2 amide bonds. The third-order valence-corrected chi connectivity index (χ3v) is 3.30. The molecule has 20 heavy (non-hydrogen) atoms. The van der Waals surface area contributed by atoms with Crippen LogP contribution in [0, 0.1) is 6.92 Å². The number of amides is 2. The van der Waals surface area contributed by atoms with Gasteiger partial charge in [-0.2, -0.15) is 0 Å². The Bertz CT molecular complexity index is 566. The highest BCUT2D eigenvalue weighted by Crippen LogP contribution is 2.16. The number of rotatable bonds is 4. The van der Waals surface area contributed by atoms with Gasteiger partial charge < -0.3 is 10.6 Å². The summed E-state index contributed by atoms with van der Waals surface area (Å²) in [6.45, 7) is 4.58. The molecule has 0 fully saturated rings. The largest absolute Gasteiger partial charge is 0.334 e. The van der Waals surface area contributed by atoms with Crippen molar-refractivity contribution in [3.8, 4) is 0 Å². The van der Waals surface area contributed by atoms with Crippen LogP contribution in [0.1, 0.15) is 29.7 Å². The van der Waals surface area contributed by atoms with Crippen molar-refractivity contribution in [1.29, 1.82) is 0 Å². The van der Waals surface area contributed by atoms with E-state index >= 15 is 0 Å². The SMILES string of the molecule is Cc1ccccc1[C@@H](C)NC(=O)NCc1ccccc1. The molecule has 0 aliphatic heterocycles. The zero-order valence-corrected chi connectivity index (χ0v) is 11.9. The number of carbonyl (C=O) groups excluding carboxylic acids is 1. The van der Waals surface area contributed by atoms with Gasteiger partial charge in [0, 0.05) is 6.54 Å². The number of hydrogen-bond acceptors (Lipinski definition) is 1. The summed E-state index contributed by atoms with van der Waals surface area (Å²) < 4.78 is 0. The predicted molar refractivity (Wildman–Crippen MR) is 81.4 cm³/mol. The number of benzene rings is 2. The Labute approximate surface area is 120 Å². The second kappa shape index (κ2) is 6.75. The maximum absolute atomic E-state index is 11.9. The molecule has 0 saturated carbocycles. The average molecular weight is 268 g/mol. The highest BCUT2D eigenvalue weighted by Gasteiger charge is 2.10. The number of nitrogens with one attached hydrogen (secondary N) is 2. The number of urea groups is 1. The van der Waals surface area contributed by atoms with Gasteiger partial charge in [-0.1, -0.05) is 54.6 Å². The Morgan fingerprint density at radius 3 is 2.40 bits per heavy atom. The lowest BCUT2D eigenvalue weighted by atomic mass is 10.0. The lowest BCUT2D eigenvalue weighted by molar-refractivity contribution is 0.237. The summed E-state index contributed by atoms with van der Waals surface area (Å²) in [6, 6.07) is 17.8. The fraction of sp³-hybridized carbons (Fsp3) is 0.235. The van der Waals surface area contributed by atoms with Crippen molar-refractivity contribution >= 4 is 6.03 Å². The van der Waals surface area contributed by atoms with Crippen LogP contribution in [-0.2, 0) is 6.54 Å². The highest BCUT2D eigenvalue weighted by molar-refractivity contribution is 5.74. The number of hydrogen-bond donors (Lipinski definition) is 2. The Hall–Kier alpha value is -2.29. The molecule has 3 nitrogen and oxygen atoms in total. The van der Waals surface area contributed by atoms with Crippen LogP contribution in [0.15, 0.2) is 54.6 Å². The average Bonchev–Trinajstić information content (AvgIpc) is 2.46. The van der Waals surface area contributed by atoms with Crippen LogP contribution in [-0.4, -0.2) is 6.03 Å². The molecule has 0 heterocycles. The topological polar surface area (TPSA) is 41.1 Å². The van der Waals surface area contributed by atoms with E-state index in [9.17, 15) is 4.79 Å². The van der Waals surface area contributed by atoms with Crippen LogP contribution >= 0.6 is 0 Å². The Kier molecular flexibility index (Phi) is 4.77. The van der Waals surface area contributed by atoms with E-state index in [0.717, 1.165) is 11.1 Å². The Balaban J connectivity index is 1.87. The quantitative estimate of drug-likeness (QED) is 0.874. The summed E-state index contributed by atoms with van der Waals surface area (Å²) in [4.78, 5) is 11.9. The molecule has 2 aromatic rings. The molecule has 104 valence electrons. The van der Waals surface area contributed by atoms with Crippen LogP contribution in [0.25, 0.3) is 0 Å². The van der Waals surface area contributed by atoms with Gasteiger partial charge in [0.2, 0.25) is 0 Å². The second-order valence-corrected chi connectivity index (χ2v) is 4.89. The van der Waals surface area contributed by atoms with E-state index in [4.69, 9.17) is 0 Å². The smallest absolute Gasteiger partial charge is 0.315 e. The summed E-state index contributed by atoms with van der Waals surface area (Å²) in [5.41, 5.74) is 3.41. The van der Waals surface area contributed by atoms with Crippen molar-refractivity contribution in [2.75, 3.05) is 0 Å². The molecule has 0 radical (unpaired) electrons. The standard InChI is InChI=1S/C17H20N2O/c1-13-8-6-7-11-16(13)14(2)19-17(20)18-12-15-9-4-3-5-10-15/h3-11,14H,12H2,1-2H3,(H2,18,19,20)/t14-/m1/s1. The molecule has 1 atom stereocenters. The second-order valence-electron chi connectivity index (χ2n) is 4.89. The van der Waals surface area contributed by atoms with E-state index in [1.54, 1.807) is 0 Å². The van der Waals surface area contributed by atoms with Gasteiger partial charge in [0.1, 0.15) is 0 Å². The summed E-state index contributed by atoms with van der Waals surface area (Å²) in [5, 5.41) is 5.83. The normalized spacial score (nSPS) is 11.7. The first-order valence-corrected chi connectivity index (χ1v) is 6.80. The van der Waals surface area contributed by atoms with Crippen LogP contribution < -0.4 is 10.6 Å². The van der Waals surface area contributed by atoms with Crippen molar-refractivity contribution in [1.82, 2.24) is 10.6 Å². The number of carbonyl (C=O) groups is 1. The summed E-state index contributed by atoms with van der Waals surface area (Å²) in [6.07, 6.45) is 0. The van der Waals surface area contributed by atoms with Gasteiger partial charge in [0.25, 0.3) is 0 Å². The molecule has 0 saturated heterocycles. The Morgan fingerprint density at radius 2 is 1.70 bits per heavy atom. The van der Waals surface area contributed by atoms with Gasteiger partial charge in [0.15, 0.2) is 0 Å². The van der Waals surface area contributed by atoms with E-state index in [1.165, 1.54) is 5.56 Å². The summed E-state index contributed by atoms with van der Waals surface area (Å²) >= 11 is 0. The van der Waals surface area contributed by atoms with Crippen molar-refractivity contribution in [2.24, 2.45) is 0 Å². The Morgan fingerprint density at radius 1 is 1.05 bits per heavy atom. The maximum Gasteiger partial charge on any atom is 0.315 e. The maximum atomic E-state index is 11.9. The minimum atomic E-state index is -0.149. The van der Waals surface area contributed by atoms with Crippen molar-refractivity contribution in [2.45, 2.75) is 26.4 Å². The monoisotopic (exact) mass is 268 g/mol. The van der Waals surface area contributed by atoms with Crippen molar-refractivity contribution < 1.29 is 4.79 Å². The minimum absolute atomic E-state index is 0.00743. The fourth-order valence-electron chi connectivity index (χ4n) is 2.18. The van der Waals surface area contributed by atoms with E-state index < -0.39 is 0 Å². The van der Waals surface area contributed by atoms with Gasteiger partial charge in [0.05, 0.1) is 6.04 Å². The van der Waals surface area contributed by atoms with Gasteiger partial charge in [-0.05, 0) is 30.5 Å². The molecular weight excluding hydrogens is 248 g/mol. The molecule has 3 heteroatoms. The molecule has 0 spiro atoms. The molecule has 2 rings (SSSR count). The zero-order chi connectivity index (χ0) is 14.4. The molecular formula is C17H20N2O. The first kappa shape index (κ1) is 14.1. The first-order valence-electron chi connectivity index (χ1n) is 6.80. The predicted octanol–water partition coefficient (Wildman–Crippen LogP) is 3.56. The molecule has 0 unspecified atom stereocenters. The minimum Gasteiger partial charge on any atom is -0.334 e. The van der Waals surface area contributed by atoms with Gasteiger partial charge in [-0.25, -0.2) is 4.79 Å². The molecule has 0 aromatic heterocycles. The van der Waals surface area contributed by atoms with Crippen LogP contribution in [0.3, 0.4) is 0 Å². The molecule has 0 aliphatic rings. The molecule has 0 bridgehead atoms. The van der Waals surface area contributed by atoms with Crippen LogP contribution in [0.5, 0.6) is 0 Å².